The van der Waals surface area contributed by atoms with E-state index in [9.17, 15) is 10.1 Å². The zero-order valence-corrected chi connectivity index (χ0v) is 11.7. The molecular formula is C11H14N4O3S. The molecule has 0 amide bonds. The Hall–Kier alpha value is -1.80. The minimum atomic E-state index is -0.577. The highest BCUT2D eigenvalue weighted by Crippen LogP contribution is 2.28. The van der Waals surface area contributed by atoms with Crippen LogP contribution >= 0.6 is 11.3 Å². The molecule has 0 aliphatic heterocycles. The van der Waals surface area contributed by atoms with Gasteiger partial charge in [0.25, 0.3) is 0 Å². The lowest BCUT2D eigenvalue weighted by Gasteiger charge is -2.19. The van der Waals surface area contributed by atoms with Crippen LogP contribution in [0.4, 0.5) is 5.88 Å². The molecule has 2 heterocycles. The molecule has 8 heteroatoms. The topological polar surface area (TPSA) is 94.1 Å². The van der Waals surface area contributed by atoms with Crippen LogP contribution in [0.3, 0.4) is 0 Å². The number of rotatable bonds is 4. The first-order valence-corrected chi connectivity index (χ1v) is 6.49. The van der Waals surface area contributed by atoms with Crippen LogP contribution in [-0.4, -0.2) is 20.7 Å². The van der Waals surface area contributed by atoms with Gasteiger partial charge in [0, 0.05) is 5.54 Å². The van der Waals surface area contributed by atoms with Gasteiger partial charge < -0.3 is 9.73 Å². The first-order chi connectivity index (χ1) is 8.85. The van der Waals surface area contributed by atoms with Gasteiger partial charge in [-0.2, -0.15) is 0 Å². The minimum Gasteiger partial charge on any atom is -0.398 e. The number of nitro groups is 1. The average Bonchev–Trinajstić information content (AvgIpc) is 2.94. The highest BCUT2D eigenvalue weighted by Gasteiger charge is 2.17. The lowest BCUT2D eigenvalue weighted by Crippen LogP contribution is -2.35. The number of aromatic nitrogens is 2. The normalized spacial score (nSPS) is 11.7. The van der Waals surface area contributed by atoms with Crippen molar-refractivity contribution in [3.8, 4) is 10.8 Å². The molecule has 0 saturated heterocycles. The number of furan rings is 1. The zero-order valence-electron chi connectivity index (χ0n) is 10.8. The predicted octanol–water partition coefficient (Wildman–Crippen LogP) is 2.59. The largest absolute Gasteiger partial charge is 0.433 e. The Morgan fingerprint density at radius 1 is 1.42 bits per heavy atom. The van der Waals surface area contributed by atoms with Crippen molar-refractivity contribution < 1.29 is 9.34 Å². The molecule has 19 heavy (non-hydrogen) atoms. The smallest absolute Gasteiger partial charge is 0.398 e. The molecule has 0 aromatic carbocycles. The third-order valence-electron chi connectivity index (χ3n) is 2.22. The van der Waals surface area contributed by atoms with E-state index in [1.165, 1.54) is 23.5 Å². The Labute approximate surface area is 113 Å². The third-order valence-corrected chi connectivity index (χ3v) is 3.16. The number of hydrogen-bond acceptors (Lipinski definition) is 7. The molecule has 0 unspecified atom stereocenters. The van der Waals surface area contributed by atoms with Crippen LogP contribution < -0.4 is 5.32 Å². The van der Waals surface area contributed by atoms with Crippen LogP contribution in [0.15, 0.2) is 16.5 Å². The van der Waals surface area contributed by atoms with Gasteiger partial charge in [0.05, 0.1) is 12.6 Å². The maximum absolute atomic E-state index is 10.5. The summed E-state index contributed by atoms with van der Waals surface area (Å²) in [7, 11) is 0. The van der Waals surface area contributed by atoms with Gasteiger partial charge in [-0.25, -0.2) is 0 Å². The molecule has 0 radical (unpaired) electrons. The highest BCUT2D eigenvalue weighted by atomic mass is 32.1. The van der Waals surface area contributed by atoms with E-state index in [0.29, 0.717) is 17.3 Å². The Kier molecular flexibility index (Phi) is 3.63. The summed E-state index contributed by atoms with van der Waals surface area (Å²) in [6, 6.07) is 2.84. The molecule has 0 fully saturated rings. The van der Waals surface area contributed by atoms with E-state index in [1.54, 1.807) is 0 Å². The molecule has 102 valence electrons. The van der Waals surface area contributed by atoms with Crippen LogP contribution in [0.25, 0.3) is 10.8 Å². The fourth-order valence-electron chi connectivity index (χ4n) is 1.31. The van der Waals surface area contributed by atoms with Gasteiger partial charge in [-0.1, -0.05) is 11.3 Å². The number of hydrogen-bond donors (Lipinski definition) is 1. The summed E-state index contributed by atoms with van der Waals surface area (Å²) >= 11 is 1.35. The van der Waals surface area contributed by atoms with E-state index in [4.69, 9.17) is 4.42 Å². The summed E-state index contributed by atoms with van der Waals surface area (Å²) in [6.07, 6.45) is 0. The molecular weight excluding hydrogens is 268 g/mol. The SMILES string of the molecule is CC(C)(C)NCc1nnc(-c2ccc([N+](=O)[O-])o2)s1. The molecule has 1 N–H and O–H groups in total. The molecule has 7 nitrogen and oxygen atoms in total. The van der Waals surface area contributed by atoms with Crippen LogP contribution in [-0.2, 0) is 6.54 Å². The lowest BCUT2D eigenvalue weighted by atomic mass is 10.1. The van der Waals surface area contributed by atoms with Crippen LogP contribution in [0.5, 0.6) is 0 Å². The van der Waals surface area contributed by atoms with Gasteiger partial charge in [0.15, 0.2) is 10.8 Å². The second-order valence-electron chi connectivity index (χ2n) is 5.00. The molecule has 0 atom stereocenters. The van der Waals surface area contributed by atoms with Crippen molar-refractivity contribution in [1.29, 1.82) is 0 Å². The second-order valence-corrected chi connectivity index (χ2v) is 6.06. The maximum atomic E-state index is 10.5. The zero-order chi connectivity index (χ0) is 14.0. The summed E-state index contributed by atoms with van der Waals surface area (Å²) in [6.45, 7) is 6.78. The van der Waals surface area contributed by atoms with Crippen LogP contribution in [0.2, 0.25) is 0 Å². The summed E-state index contributed by atoms with van der Waals surface area (Å²) < 4.78 is 5.08. The molecule has 0 saturated carbocycles. The molecule has 2 aromatic rings. The van der Waals surface area contributed by atoms with Crippen molar-refractivity contribution in [3.05, 3.63) is 27.3 Å². The first kappa shape index (κ1) is 13.6. The molecule has 0 aliphatic rings. The predicted molar refractivity (Wildman–Crippen MR) is 70.9 cm³/mol. The van der Waals surface area contributed by atoms with Crippen LogP contribution in [0.1, 0.15) is 25.8 Å². The molecule has 2 aromatic heterocycles. The Bertz CT molecular complexity index is 585. The van der Waals surface area contributed by atoms with E-state index in [-0.39, 0.29) is 11.4 Å². The van der Waals surface area contributed by atoms with Gasteiger partial charge in [-0.3, -0.25) is 10.1 Å². The van der Waals surface area contributed by atoms with Crippen molar-refractivity contribution in [2.24, 2.45) is 0 Å². The van der Waals surface area contributed by atoms with E-state index in [0.717, 1.165) is 5.01 Å². The Balaban J connectivity index is 2.09. The van der Waals surface area contributed by atoms with Gasteiger partial charge >= 0.3 is 5.88 Å². The van der Waals surface area contributed by atoms with Crippen LogP contribution in [0, 0.1) is 10.1 Å². The highest BCUT2D eigenvalue weighted by molar-refractivity contribution is 7.14. The number of nitrogens with one attached hydrogen (secondary N) is 1. The van der Waals surface area contributed by atoms with E-state index in [2.05, 4.69) is 36.3 Å². The Morgan fingerprint density at radius 3 is 2.74 bits per heavy atom. The van der Waals surface area contributed by atoms with Crippen molar-refractivity contribution in [2.45, 2.75) is 32.9 Å². The fraction of sp³-hybridized carbons (Fsp3) is 0.455. The van der Waals surface area contributed by atoms with Gasteiger partial charge in [-0.15, -0.1) is 10.2 Å². The number of nitrogens with zero attached hydrogens (tertiary/aromatic N) is 3. The third kappa shape index (κ3) is 3.58. The average molecular weight is 282 g/mol. The van der Waals surface area contributed by atoms with Gasteiger partial charge in [0.2, 0.25) is 0 Å². The summed E-state index contributed by atoms with van der Waals surface area (Å²) in [5.41, 5.74) is -0.00466. The Morgan fingerprint density at radius 2 is 2.16 bits per heavy atom. The van der Waals surface area contributed by atoms with E-state index >= 15 is 0 Å². The molecule has 2 rings (SSSR count). The fourth-order valence-corrected chi connectivity index (χ4v) is 2.05. The molecule has 0 spiro atoms. The van der Waals surface area contributed by atoms with Crippen molar-refractivity contribution in [3.63, 3.8) is 0 Å². The molecule has 0 bridgehead atoms. The van der Waals surface area contributed by atoms with E-state index < -0.39 is 4.92 Å². The summed E-state index contributed by atoms with van der Waals surface area (Å²) in [5, 5.41) is 23.2. The minimum absolute atomic E-state index is 0.00466. The maximum Gasteiger partial charge on any atom is 0.433 e. The monoisotopic (exact) mass is 282 g/mol. The molecule has 0 aliphatic carbocycles. The van der Waals surface area contributed by atoms with Crippen molar-refractivity contribution in [1.82, 2.24) is 15.5 Å². The second kappa shape index (κ2) is 5.06. The van der Waals surface area contributed by atoms with Crippen molar-refractivity contribution >= 4 is 17.2 Å². The summed E-state index contributed by atoms with van der Waals surface area (Å²) in [5.74, 6) is 0.0748. The quantitative estimate of drug-likeness (QED) is 0.684. The van der Waals surface area contributed by atoms with E-state index in [1.807, 2.05) is 0 Å². The summed E-state index contributed by atoms with van der Waals surface area (Å²) in [4.78, 5) is 9.96. The first-order valence-electron chi connectivity index (χ1n) is 5.67. The van der Waals surface area contributed by atoms with Gasteiger partial charge in [-0.05, 0) is 26.8 Å². The van der Waals surface area contributed by atoms with Gasteiger partial charge in [0.1, 0.15) is 9.93 Å². The lowest BCUT2D eigenvalue weighted by molar-refractivity contribution is -0.401. The standard InChI is InChI=1S/C11H14N4O3S/c1-11(2,3)12-6-8-13-14-10(19-8)7-4-5-9(18-7)15(16)17/h4-5,12H,6H2,1-3H3. The van der Waals surface area contributed by atoms with Crippen molar-refractivity contribution in [2.75, 3.05) is 0 Å².